The number of benzene rings is 1. The molecule has 4 rings (SSSR count). The zero-order valence-electron chi connectivity index (χ0n) is 16.0. The molecular weight excluding hydrogens is 370 g/mol. The number of fused-ring (bicyclic) bond motifs is 1. The van der Waals surface area contributed by atoms with Crippen molar-refractivity contribution in [2.45, 2.75) is 19.3 Å². The first-order valence-electron chi connectivity index (χ1n) is 9.04. The Labute approximate surface area is 167 Å². The molecule has 0 saturated heterocycles. The normalized spacial score (nSPS) is 15.2. The molecule has 1 N–H and O–H groups in total. The van der Waals surface area contributed by atoms with E-state index in [1.54, 1.807) is 16.8 Å². The summed E-state index contributed by atoms with van der Waals surface area (Å²) in [5, 5.41) is 15.7. The van der Waals surface area contributed by atoms with Crippen LogP contribution in [0.1, 0.15) is 29.2 Å². The lowest BCUT2D eigenvalue weighted by molar-refractivity contribution is -0.116. The van der Waals surface area contributed by atoms with Gasteiger partial charge in [0.15, 0.2) is 5.82 Å². The van der Waals surface area contributed by atoms with Crippen LogP contribution in [0, 0.1) is 19.3 Å². The predicted molar refractivity (Wildman–Crippen MR) is 106 cm³/mol. The van der Waals surface area contributed by atoms with Crippen molar-refractivity contribution in [1.29, 1.82) is 0 Å². The lowest BCUT2D eigenvalue weighted by Crippen LogP contribution is -2.25. The molecule has 0 spiro atoms. The lowest BCUT2D eigenvalue weighted by atomic mass is 9.86. The number of aryl methyl sites for hydroxylation is 1. The number of hydrogen-bond donors (Lipinski definition) is 1. The zero-order chi connectivity index (χ0) is 20.4. The van der Waals surface area contributed by atoms with Crippen LogP contribution >= 0.6 is 0 Å². The minimum atomic E-state index is -0.125. The van der Waals surface area contributed by atoms with Crippen LogP contribution in [-0.2, 0) is 4.79 Å². The minimum Gasteiger partial charge on any atom is -0.481 e. The van der Waals surface area contributed by atoms with Gasteiger partial charge in [-0.1, -0.05) is 18.1 Å². The number of methoxy groups -OCH3 is 1. The minimum absolute atomic E-state index is 0.0854. The molecule has 29 heavy (non-hydrogen) atoms. The Morgan fingerprint density at radius 2 is 2.03 bits per heavy atom. The van der Waals surface area contributed by atoms with Crippen LogP contribution in [0.3, 0.4) is 0 Å². The third kappa shape index (κ3) is 3.50. The fraction of sp³-hybridized carbons (Fsp3) is 0.238. The summed E-state index contributed by atoms with van der Waals surface area (Å²) >= 11 is 0. The van der Waals surface area contributed by atoms with Gasteiger partial charge in [-0.2, -0.15) is 9.78 Å². The highest BCUT2D eigenvalue weighted by atomic mass is 16.5. The molecule has 146 valence electrons. The molecule has 0 radical (unpaired) electrons. The van der Waals surface area contributed by atoms with E-state index < -0.39 is 0 Å². The quantitative estimate of drug-likeness (QED) is 0.674. The van der Waals surface area contributed by atoms with Crippen molar-refractivity contribution in [1.82, 2.24) is 20.0 Å². The average Bonchev–Trinajstić information content (AvgIpc) is 3.08. The van der Waals surface area contributed by atoms with Crippen LogP contribution in [-0.4, -0.2) is 39.6 Å². The molecular formula is C21H19N5O3. The number of rotatable bonds is 5. The van der Waals surface area contributed by atoms with E-state index in [0.717, 1.165) is 16.8 Å². The van der Waals surface area contributed by atoms with Crippen LogP contribution < -0.4 is 14.8 Å². The largest absolute Gasteiger partial charge is 0.481 e. The Kier molecular flexibility index (Phi) is 4.87. The topological polar surface area (TPSA) is 91.2 Å². The zero-order valence-corrected chi connectivity index (χ0v) is 16.0. The smallest absolute Gasteiger partial charge is 0.233 e. The van der Waals surface area contributed by atoms with Crippen molar-refractivity contribution in [3.05, 3.63) is 53.2 Å². The molecule has 1 aliphatic rings. The molecule has 3 heterocycles. The van der Waals surface area contributed by atoms with Gasteiger partial charge in [-0.05, 0) is 30.7 Å². The third-order valence-electron chi connectivity index (χ3n) is 4.76. The van der Waals surface area contributed by atoms with Gasteiger partial charge in [-0.3, -0.25) is 4.79 Å². The van der Waals surface area contributed by atoms with E-state index in [1.165, 1.54) is 7.11 Å². The van der Waals surface area contributed by atoms with Crippen LogP contribution in [0.4, 0.5) is 5.82 Å². The summed E-state index contributed by atoms with van der Waals surface area (Å²) in [5.74, 6) is 4.42. The number of hydrogen-bond acceptors (Lipinski definition) is 6. The first-order chi connectivity index (χ1) is 14.1. The number of anilines is 1. The molecule has 1 atom stereocenters. The highest BCUT2D eigenvalue weighted by molar-refractivity contribution is 5.95. The molecule has 3 aromatic rings. The number of aromatic nitrogens is 4. The second kappa shape index (κ2) is 7.64. The van der Waals surface area contributed by atoms with Gasteiger partial charge in [0, 0.05) is 24.0 Å². The molecule has 0 bridgehead atoms. The van der Waals surface area contributed by atoms with Gasteiger partial charge in [0.1, 0.15) is 18.2 Å². The van der Waals surface area contributed by atoms with Gasteiger partial charge < -0.3 is 14.8 Å². The fourth-order valence-electron chi connectivity index (χ4n) is 3.45. The summed E-state index contributed by atoms with van der Waals surface area (Å²) in [6.45, 7) is 2.13. The number of terminal acetylenes is 1. The maximum atomic E-state index is 12.5. The monoisotopic (exact) mass is 389 g/mol. The first-order valence-corrected chi connectivity index (χ1v) is 9.04. The molecule has 2 aromatic heterocycles. The summed E-state index contributed by atoms with van der Waals surface area (Å²) < 4.78 is 12.1. The highest BCUT2D eigenvalue weighted by Gasteiger charge is 2.33. The molecule has 1 aliphatic heterocycles. The number of carbonyl (C=O) groups excluding carboxylic acids is 1. The maximum Gasteiger partial charge on any atom is 0.233 e. The molecule has 8 heteroatoms. The first kappa shape index (κ1) is 18.5. The van der Waals surface area contributed by atoms with E-state index in [-0.39, 0.29) is 18.4 Å². The molecule has 0 aliphatic carbocycles. The molecule has 0 saturated carbocycles. The molecule has 8 nitrogen and oxygen atoms in total. The van der Waals surface area contributed by atoms with Gasteiger partial charge in [-0.25, -0.2) is 0 Å². The second-order valence-corrected chi connectivity index (χ2v) is 6.56. The Morgan fingerprint density at radius 1 is 1.24 bits per heavy atom. The van der Waals surface area contributed by atoms with Crippen LogP contribution in [0.25, 0.3) is 5.82 Å². The molecule has 0 fully saturated rings. The van der Waals surface area contributed by atoms with Crippen LogP contribution in [0.5, 0.6) is 11.6 Å². The van der Waals surface area contributed by atoms with E-state index in [9.17, 15) is 4.79 Å². The standard InChI is InChI=1S/C21H19N5O3/c1-4-11-29-15-7-5-14(6-8-15)16-12-18(27)22-21-20(16)13(2)25-26(21)17-9-10-19(28-3)24-23-17/h1,5-10,16H,11-12H2,2-3H3,(H,22,27). The molecule has 1 amide bonds. The number of amides is 1. The number of carbonyl (C=O) groups is 1. The Morgan fingerprint density at radius 3 is 2.69 bits per heavy atom. The van der Waals surface area contributed by atoms with E-state index in [0.29, 0.717) is 29.7 Å². The SMILES string of the molecule is C#CCOc1ccc(C2CC(=O)Nc3c2c(C)nn3-c2ccc(OC)nn2)cc1. The van der Waals surface area contributed by atoms with E-state index in [1.807, 2.05) is 31.2 Å². The summed E-state index contributed by atoms with van der Waals surface area (Å²) in [6, 6.07) is 11.0. The number of nitrogens with zero attached hydrogens (tertiary/aromatic N) is 4. The third-order valence-corrected chi connectivity index (χ3v) is 4.76. The van der Waals surface area contributed by atoms with Crippen LogP contribution in [0.15, 0.2) is 36.4 Å². The summed E-state index contributed by atoms with van der Waals surface area (Å²) in [6.07, 6.45) is 5.56. The van der Waals surface area contributed by atoms with Crippen LogP contribution in [0.2, 0.25) is 0 Å². The second-order valence-electron chi connectivity index (χ2n) is 6.56. The van der Waals surface area contributed by atoms with E-state index >= 15 is 0 Å². The maximum absolute atomic E-state index is 12.5. The van der Waals surface area contributed by atoms with Crippen molar-refractivity contribution in [3.8, 4) is 29.8 Å². The van der Waals surface area contributed by atoms with Gasteiger partial charge in [0.25, 0.3) is 0 Å². The van der Waals surface area contributed by atoms with Gasteiger partial charge in [0.05, 0.1) is 12.8 Å². The van der Waals surface area contributed by atoms with E-state index in [4.69, 9.17) is 15.9 Å². The van der Waals surface area contributed by atoms with Crippen molar-refractivity contribution in [3.63, 3.8) is 0 Å². The van der Waals surface area contributed by atoms with Gasteiger partial charge >= 0.3 is 0 Å². The van der Waals surface area contributed by atoms with Gasteiger partial charge in [-0.15, -0.1) is 16.6 Å². The molecule has 1 aromatic carbocycles. The average molecular weight is 389 g/mol. The van der Waals surface area contributed by atoms with Gasteiger partial charge in [0.2, 0.25) is 11.8 Å². The van der Waals surface area contributed by atoms with Crippen molar-refractivity contribution < 1.29 is 14.3 Å². The summed E-state index contributed by atoms with van der Waals surface area (Å²) in [4.78, 5) is 12.5. The predicted octanol–water partition coefficient (Wildman–Crippen LogP) is 2.47. The Bertz CT molecular complexity index is 1080. The number of nitrogens with one attached hydrogen (secondary N) is 1. The number of ether oxygens (including phenoxy) is 2. The van der Waals surface area contributed by atoms with Crippen molar-refractivity contribution >= 4 is 11.7 Å². The molecule has 1 unspecified atom stereocenters. The Balaban J connectivity index is 1.72. The fourth-order valence-corrected chi connectivity index (χ4v) is 3.45. The Hall–Kier alpha value is -3.86. The van der Waals surface area contributed by atoms with E-state index in [2.05, 4.69) is 26.5 Å². The summed E-state index contributed by atoms with van der Waals surface area (Å²) in [7, 11) is 1.53. The van der Waals surface area contributed by atoms with Crippen molar-refractivity contribution in [2.75, 3.05) is 19.0 Å². The summed E-state index contributed by atoms with van der Waals surface area (Å²) in [5.41, 5.74) is 2.77. The highest BCUT2D eigenvalue weighted by Crippen LogP contribution is 2.40. The van der Waals surface area contributed by atoms with Crippen molar-refractivity contribution in [2.24, 2.45) is 0 Å². The lowest BCUT2D eigenvalue weighted by Gasteiger charge is -2.24.